The lowest BCUT2D eigenvalue weighted by atomic mass is 10.0. The van der Waals surface area contributed by atoms with Gasteiger partial charge >= 0.3 is 0 Å². The Kier molecular flexibility index (Phi) is 6.77. The number of pyridine rings is 1. The monoisotopic (exact) mass is 392 g/mol. The molecule has 8 nitrogen and oxygen atoms in total. The highest BCUT2D eigenvalue weighted by atomic mass is 16.5. The first-order chi connectivity index (χ1) is 13.8. The van der Waals surface area contributed by atoms with Crippen molar-refractivity contribution in [3.8, 4) is 0 Å². The first-order valence-electron chi connectivity index (χ1n) is 10.4. The Morgan fingerprint density at radius 1 is 1.11 bits per heavy atom. The fourth-order valence-corrected chi connectivity index (χ4v) is 4.57. The average Bonchev–Trinajstić information content (AvgIpc) is 3.09. The average molecular weight is 393 g/mol. The molecule has 28 heavy (non-hydrogen) atoms. The van der Waals surface area contributed by atoms with E-state index in [-0.39, 0.29) is 18.8 Å². The van der Waals surface area contributed by atoms with E-state index in [9.17, 15) is 10.2 Å². The predicted octanol–water partition coefficient (Wildman–Crippen LogP) is -0.539. The van der Waals surface area contributed by atoms with Crippen LogP contribution in [0.5, 0.6) is 0 Å². The number of aliphatic hydroxyl groups is 2. The summed E-state index contributed by atoms with van der Waals surface area (Å²) in [4.78, 5) is 9.03. The maximum atomic E-state index is 10.8. The minimum absolute atomic E-state index is 0.102. The number of hydrogen-bond acceptors (Lipinski definition) is 8. The molecule has 3 N–H and O–H groups in total. The second kappa shape index (κ2) is 9.47. The molecule has 8 heteroatoms. The van der Waals surface area contributed by atoms with Crippen LogP contribution in [0.3, 0.4) is 0 Å². The predicted molar refractivity (Wildman–Crippen MR) is 105 cm³/mol. The van der Waals surface area contributed by atoms with Crippen molar-refractivity contribution in [1.29, 1.82) is 0 Å². The first-order valence-corrected chi connectivity index (χ1v) is 10.4. The van der Waals surface area contributed by atoms with E-state index >= 15 is 0 Å². The largest absolute Gasteiger partial charge is 0.394 e. The van der Waals surface area contributed by atoms with E-state index in [0.29, 0.717) is 12.6 Å². The van der Waals surface area contributed by atoms with Crippen molar-refractivity contribution < 1.29 is 19.7 Å². The van der Waals surface area contributed by atoms with Crippen molar-refractivity contribution >= 4 is 5.82 Å². The lowest BCUT2D eigenvalue weighted by Crippen LogP contribution is -2.58. The maximum Gasteiger partial charge on any atom is 0.128 e. The van der Waals surface area contributed by atoms with Crippen LogP contribution in [-0.4, -0.2) is 103 Å². The number of nitrogens with one attached hydrogen (secondary N) is 1. The molecule has 0 aliphatic carbocycles. The Morgan fingerprint density at radius 3 is 2.57 bits per heavy atom. The number of aliphatic hydroxyl groups excluding tert-OH is 2. The Balaban J connectivity index is 1.36. The molecular formula is C20H32N4O4. The Hall–Kier alpha value is -1.29. The summed E-state index contributed by atoms with van der Waals surface area (Å²) in [5.41, 5.74) is 0. The Bertz CT molecular complexity index is 593. The zero-order valence-electron chi connectivity index (χ0n) is 16.3. The van der Waals surface area contributed by atoms with Crippen LogP contribution in [0.1, 0.15) is 12.8 Å². The molecule has 3 fully saturated rings. The van der Waals surface area contributed by atoms with Gasteiger partial charge in [-0.2, -0.15) is 0 Å². The minimum atomic E-state index is -0.673. The van der Waals surface area contributed by atoms with E-state index in [2.05, 4.69) is 20.1 Å². The molecule has 4 unspecified atom stereocenters. The molecule has 4 atom stereocenters. The van der Waals surface area contributed by atoms with Crippen molar-refractivity contribution in [3.05, 3.63) is 24.4 Å². The van der Waals surface area contributed by atoms with Gasteiger partial charge < -0.3 is 29.9 Å². The number of anilines is 1. The number of piperazine rings is 1. The fourth-order valence-electron chi connectivity index (χ4n) is 4.57. The first kappa shape index (κ1) is 20.0. The summed E-state index contributed by atoms with van der Waals surface area (Å²) in [6.07, 6.45) is 2.52. The van der Waals surface area contributed by atoms with Crippen molar-refractivity contribution in [2.24, 2.45) is 0 Å². The summed E-state index contributed by atoms with van der Waals surface area (Å²) in [5, 5.41) is 24.0. The smallest absolute Gasteiger partial charge is 0.128 e. The van der Waals surface area contributed by atoms with Crippen LogP contribution in [0, 0.1) is 0 Å². The lowest BCUT2D eigenvalue weighted by molar-refractivity contribution is -0.0229. The molecule has 0 radical (unpaired) electrons. The molecule has 0 aromatic carbocycles. The highest BCUT2D eigenvalue weighted by molar-refractivity contribution is 5.38. The van der Waals surface area contributed by atoms with Gasteiger partial charge in [-0.1, -0.05) is 6.07 Å². The number of nitrogens with zero attached hydrogens (tertiary/aromatic N) is 3. The Labute approximate surface area is 166 Å². The summed E-state index contributed by atoms with van der Waals surface area (Å²) in [6.45, 7) is 5.53. The molecule has 3 aliphatic rings. The van der Waals surface area contributed by atoms with E-state index in [1.165, 1.54) is 0 Å². The maximum absolute atomic E-state index is 10.8. The normalized spacial score (nSPS) is 32.7. The topological polar surface area (TPSA) is 90.3 Å². The number of aromatic nitrogens is 1. The van der Waals surface area contributed by atoms with Crippen molar-refractivity contribution in [2.75, 3.05) is 57.4 Å². The van der Waals surface area contributed by atoms with Gasteiger partial charge in [0.2, 0.25) is 0 Å². The number of rotatable bonds is 6. The summed E-state index contributed by atoms with van der Waals surface area (Å²) >= 11 is 0. The zero-order valence-corrected chi connectivity index (χ0v) is 16.3. The molecule has 1 aromatic rings. The SMILES string of the molecule is OCC1OC(CNC2CCOCC2)C(N2CCN(c3ccccn3)CC2)C1O. The van der Waals surface area contributed by atoms with Crippen LogP contribution in [0.25, 0.3) is 0 Å². The third-order valence-corrected chi connectivity index (χ3v) is 6.18. The molecule has 0 amide bonds. The van der Waals surface area contributed by atoms with E-state index in [1.54, 1.807) is 0 Å². The van der Waals surface area contributed by atoms with E-state index < -0.39 is 12.2 Å². The van der Waals surface area contributed by atoms with Crippen LogP contribution < -0.4 is 10.2 Å². The van der Waals surface area contributed by atoms with Crippen LogP contribution in [0.15, 0.2) is 24.4 Å². The third-order valence-electron chi connectivity index (χ3n) is 6.18. The molecule has 3 saturated heterocycles. The van der Waals surface area contributed by atoms with Crippen molar-refractivity contribution in [2.45, 2.75) is 43.2 Å². The molecular weight excluding hydrogens is 360 g/mol. The highest BCUT2D eigenvalue weighted by Gasteiger charge is 2.46. The van der Waals surface area contributed by atoms with E-state index in [4.69, 9.17) is 9.47 Å². The zero-order chi connectivity index (χ0) is 19.3. The van der Waals surface area contributed by atoms with Crippen molar-refractivity contribution in [3.63, 3.8) is 0 Å². The quantitative estimate of drug-likeness (QED) is 0.595. The molecule has 1 aromatic heterocycles. The van der Waals surface area contributed by atoms with Gasteiger partial charge in [-0.05, 0) is 25.0 Å². The second-order valence-electron chi connectivity index (χ2n) is 7.88. The van der Waals surface area contributed by atoms with Gasteiger partial charge in [0.15, 0.2) is 0 Å². The second-order valence-corrected chi connectivity index (χ2v) is 7.88. The van der Waals surface area contributed by atoms with Gasteiger partial charge in [0.1, 0.15) is 18.0 Å². The van der Waals surface area contributed by atoms with Gasteiger partial charge in [0.05, 0.1) is 18.8 Å². The molecule has 0 bridgehead atoms. The van der Waals surface area contributed by atoms with Gasteiger partial charge in [0, 0.05) is 58.2 Å². The van der Waals surface area contributed by atoms with Gasteiger partial charge in [0.25, 0.3) is 0 Å². The number of ether oxygens (including phenoxy) is 2. The minimum Gasteiger partial charge on any atom is -0.394 e. The van der Waals surface area contributed by atoms with E-state index in [0.717, 1.165) is 58.1 Å². The van der Waals surface area contributed by atoms with Crippen LogP contribution >= 0.6 is 0 Å². The molecule has 0 spiro atoms. The molecule has 156 valence electrons. The third kappa shape index (κ3) is 4.48. The van der Waals surface area contributed by atoms with Gasteiger partial charge in [-0.3, -0.25) is 4.90 Å². The van der Waals surface area contributed by atoms with Crippen LogP contribution in [0.2, 0.25) is 0 Å². The summed E-state index contributed by atoms with van der Waals surface area (Å²) in [5.74, 6) is 0.997. The summed E-state index contributed by atoms with van der Waals surface area (Å²) in [6, 6.07) is 6.30. The highest BCUT2D eigenvalue weighted by Crippen LogP contribution is 2.27. The lowest BCUT2D eigenvalue weighted by Gasteiger charge is -2.41. The summed E-state index contributed by atoms with van der Waals surface area (Å²) in [7, 11) is 0. The molecule has 4 heterocycles. The van der Waals surface area contributed by atoms with Crippen molar-refractivity contribution in [1.82, 2.24) is 15.2 Å². The molecule has 3 aliphatic heterocycles. The van der Waals surface area contributed by atoms with Gasteiger partial charge in [-0.15, -0.1) is 0 Å². The molecule has 0 saturated carbocycles. The summed E-state index contributed by atoms with van der Waals surface area (Å²) < 4.78 is 11.5. The number of hydrogen-bond donors (Lipinski definition) is 3. The fraction of sp³-hybridized carbons (Fsp3) is 0.750. The Morgan fingerprint density at radius 2 is 1.89 bits per heavy atom. The van der Waals surface area contributed by atoms with E-state index in [1.807, 2.05) is 24.4 Å². The van der Waals surface area contributed by atoms with Crippen LogP contribution in [0.4, 0.5) is 5.82 Å². The molecule has 4 rings (SSSR count). The van der Waals surface area contributed by atoms with Gasteiger partial charge in [-0.25, -0.2) is 4.98 Å². The van der Waals surface area contributed by atoms with Crippen LogP contribution in [-0.2, 0) is 9.47 Å². The standard InChI is InChI=1S/C20H32N4O4/c25-14-17-20(26)19(16(28-17)13-22-15-4-11-27-12-5-15)24-9-7-23(8-10-24)18-3-1-2-6-21-18/h1-3,6,15-17,19-20,22,25-26H,4-5,7-14H2.